The first-order valence-corrected chi connectivity index (χ1v) is 5.15. The molecule has 0 bridgehead atoms. The van der Waals surface area contributed by atoms with Gasteiger partial charge in [0.1, 0.15) is 0 Å². The third kappa shape index (κ3) is 1.98. The minimum atomic E-state index is -0.829. The molecule has 0 unspecified atom stereocenters. The van der Waals surface area contributed by atoms with Crippen molar-refractivity contribution in [3.63, 3.8) is 0 Å². The molecule has 14 heavy (non-hydrogen) atoms. The van der Waals surface area contributed by atoms with Gasteiger partial charge in [0.15, 0.2) is 0 Å². The maximum atomic E-state index is 11.0. The Hall–Kier alpha value is -0.830. The lowest BCUT2D eigenvalue weighted by Gasteiger charge is -2.22. The summed E-state index contributed by atoms with van der Waals surface area (Å²) in [4.78, 5) is 11.0. The quantitative estimate of drug-likeness (QED) is 0.883. The van der Waals surface area contributed by atoms with Crippen LogP contribution in [0.1, 0.15) is 25.0 Å². The number of carboxylic acid groups (broad SMARTS) is 1. The molecule has 1 rings (SSSR count). The summed E-state index contributed by atoms with van der Waals surface area (Å²) in [6.07, 6.45) is 0. The van der Waals surface area contributed by atoms with E-state index in [1.807, 2.05) is 25.1 Å². The number of hydrogen-bond donors (Lipinski definition) is 1. The van der Waals surface area contributed by atoms with Crippen LogP contribution in [0, 0.1) is 6.92 Å². The number of aliphatic carboxylic acids is 1. The molecule has 0 heterocycles. The molecule has 0 spiro atoms. The molecule has 0 fully saturated rings. The Bertz CT molecular complexity index is 370. The summed E-state index contributed by atoms with van der Waals surface area (Å²) in [7, 11) is 0. The third-order valence-electron chi connectivity index (χ3n) is 2.40. The zero-order chi connectivity index (χ0) is 10.9. The van der Waals surface area contributed by atoms with Crippen molar-refractivity contribution >= 4 is 21.9 Å². The molecule has 0 saturated carbocycles. The van der Waals surface area contributed by atoms with Crippen molar-refractivity contribution in [1.82, 2.24) is 0 Å². The highest BCUT2D eigenvalue weighted by molar-refractivity contribution is 9.10. The topological polar surface area (TPSA) is 37.3 Å². The largest absolute Gasteiger partial charge is 0.481 e. The monoisotopic (exact) mass is 256 g/mol. The highest BCUT2D eigenvalue weighted by atomic mass is 79.9. The Kier molecular flexibility index (Phi) is 3.00. The summed E-state index contributed by atoms with van der Waals surface area (Å²) >= 11 is 3.35. The Morgan fingerprint density at radius 2 is 2.00 bits per heavy atom. The van der Waals surface area contributed by atoms with Gasteiger partial charge in [-0.15, -0.1) is 0 Å². The molecule has 1 aromatic rings. The number of hydrogen-bond acceptors (Lipinski definition) is 1. The Morgan fingerprint density at radius 1 is 1.43 bits per heavy atom. The highest BCUT2D eigenvalue weighted by Gasteiger charge is 2.30. The Labute approximate surface area is 92.1 Å². The molecule has 76 valence electrons. The van der Waals surface area contributed by atoms with Gasteiger partial charge in [0.05, 0.1) is 5.41 Å². The molecule has 1 N–H and O–H groups in total. The zero-order valence-corrected chi connectivity index (χ0v) is 10.1. The van der Waals surface area contributed by atoms with E-state index in [0.29, 0.717) is 0 Å². The Balaban J connectivity index is 3.26. The van der Waals surface area contributed by atoms with Gasteiger partial charge >= 0.3 is 5.97 Å². The van der Waals surface area contributed by atoms with Gasteiger partial charge in [-0.2, -0.15) is 0 Å². The van der Waals surface area contributed by atoms with Crippen LogP contribution in [-0.2, 0) is 10.2 Å². The summed E-state index contributed by atoms with van der Waals surface area (Å²) in [5.41, 5.74) is 1.02. The number of halogens is 1. The fraction of sp³-hybridized carbons (Fsp3) is 0.364. The fourth-order valence-electron chi connectivity index (χ4n) is 1.44. The second-order valence-corrected chi connectivity index (χ2v) is 4.81. The predicted octanol–water partition coefficient (Wildman–Crippen LogP) is 3.12. The summed E-state index contributed by atoms with van der Waals surface area (Å²) in [6, 6.07) is 5.65. The standard InChI is InChI=1S/C11H13BrO2/c1-7-6-8(12)4-5-9(7)11(2,3)10(13)14/h4-6H,1-3H3,(H,13,14). The van der Waals surface area contributed by atoms with Crippen LogP contribution in [0.5, 0.6) is 0 Å². The third-order valence-corrected chi connectivity index (χ3v) is 2.89. The molecule has 0 aromatic heterocycles. The molecule has 0 amide bonds. The number of aryl methyl sites for hydroxylation is 1. The van der Waals surface area contributed by atoms with Crippen LogP contribution in [0.2, 0.25) is 0 Å². The summed E-state index contributed by atoms with van der Waals surface area (Å²) in [5.74, 6) is -0.803. The van der Waals surface area contributed by atoms with Crippen LogP contribution in [0.3, 0.4) is 0 Å². The van der Waals surface area contributed by atoms with Gasteiger partial charge in [-0.3, -0.25) is 4.79 Å². The van der Waals surface area contributed by atoms with Crippen LogP contribution < -0.4 is 0 Å². The summed E-state index contributed by atoms with van der Waals surface area (Å²) < 4.78 is 0.972. The van der Waals surface area contributed by atoms with Gasteiger partial charge in [0, 0.05) is 4.47 Å². The van der Waals surface area contributed by atoms with Gasteiger partial charge in [-0.1, -0.05) is 22.0 Å². The molecular formula is C11H13BrO2. The molecule has 0 aliphatic rings. The molecule has 0 atom stereocenters. The van der Waals surface area contributed by atoms with E-state index in [2.05, 4.69) is 15.9 Å². The second-order valence-electron chi connectivity index (χ2n) is 3.89. The lowest BCUT2D eigenvalue weighted by atomic mass is 9.82. The molecule has 0 saturated heterocycles. The first kappa shape index (κ1) is 11.2. The van der Waals surface area contributed by atoms with Crippen molar-refractivity contribution in [2.24, 2.45) is 0 Å². The van der Waals surface area contributed by atoms with E-state index in [9.17, 15) is 4.79 Å². The number of benzene rings is 1. The first-order valence-electron chi connectivity index (χ1n) is 4.35. The number of carboxylic acids is 1. The van der Waals surface area contributed by atoms with Gasteiger partial charge < -0.3 is 5.11 Å². The van der Waals surface area contributed by atoms with Crippen LogP contribution in [-0.4, -0.2) is 11.1 Å². The van der Waals surface area contributed by atoms with Crippen LogP contribution >= 0.6 is 15.9 Å². The zero-order valence-electron chi connectivity index (χ0n) is 8.47. The van der Waals surface area contributed by atoms with Crippen LogP contribution in [0.25, 0.3) is 0 Å². The van der Waals surface area contributed by atoms with Crippen molar-refractivity contribution in [3.05, 3.63) is 33.8 Å². The average molecular weight is 257 g/mol. The predicted molar refractivity (Wildman–Crippen MR) is 59.5 cm³/mol. The number of rotatable bonds is 2. The van der Waals surface area contributed by atoms with E-state index in [4.69, 9.17) is 5.11 Å². The highest BCUT2D eigenvalue weighted by Crippen LogP contribution is 2.28. The van der Waals surface area contributed by atoms with E-state index in [0.717, 1.165) is 15.6 Å². The molecule has 0 radical (unpaired) electrons. The van der Waals surface area contributed by atoms with E-state index < -0.39 is 11.4 Å². The van der Waals surface area contributed by atoms with Gasteiger partial charge in [0.25, 0.3) is 0 Å². The van der Waals surface area contributed by atoms with Crippen molar-refractivity contribution in [1.29, 1.82) is 0 Å². The maximum absolute atomic E-state index is 11.0. The van der Waals surface area contributed by atoms with E-state index in [1.165, 1.54) is 0 Å². The SMILES string of the molecule is Cc1cc(Br)ccc1C(C)(C)C(=O)O. The maximum Gasteiger partial charge on any atom is 0.313 e. The normalized spacial score (nSPS) is 11.4. The molecular weight excluding hydrogens is 244 g/mol. The van der Waals surface area contributed by atoms with Crippen molar-refractivity contribution in [3.8, 4) is 0 Å². The molecule has 0 aliphatic heterocycles. The Morgan fingerprint density at radius 3 is 2.43 bits per heavy atom. The van der Waals surface area contributed by atoms with Crippen molar-refractivity contribution < 1.29 is 9.90 Å². The van der Waals surface area contributed by atoms with Crippen LogP contribution in [0.4, 0.5) is 0 Å². The lowest BCUT2D eigenvalue weighted by Crippen LogP contribution is -2.29. The fourth-order valence-corrected chi connectivity index (χ4v) is 1.92. The van der Waals surface area contributed by atoms with Gasteiger partial charge in [-0.25, -0.2) is 0 Å². The first-order chi connectivity index (χ1) is 6.35. The van der Waals surface area contributed by atoms with Crippen molar-refractivity contribution in [2.75, 3.05) is 0 Å². The number of carbonyl (C=O) groups is 1. The van der Waals surface area contributed by atoms with Gasteiger partial charge in [0.2, 0.25) is 0 Å². The van der Waals surface area contributed by atoms with Crippen LogP contribution in [0.15, 0.2) is 22.7 Å². The molecule has 2 nitrogen and oxygen atoms in total. The molecule has 1 aromatic carbocycles. The molecule has 0 aliphatic carbocycles. The van der Waals surface area contributed by atoms with Crippen molar-refractivity contribution in [2.45, 2.75) is 26.2 Å². The lowest BCUT2D eigenvalue weighted by molar-refractivity contribution is -0.142. The minimum absolute atomic E-state index is 0.803. The van der Waals surface area contributed by atoms with E-state index in [1.54, 1.807) is 13.8 Å². The average Bonchev–Trinajstić information content (AvgIpc) is 2.02. The molecule has 3 heteroatoms. The van der Waals surface area contributed by atoms with Gasteiger partial charge in [-0.05, 0) is 44.0 Å². The van der Waals surface area contributed by atoms with E-state index in [-0.39, 0.29) is 0 Å². The van der Waals surface area contributed by atoms with E-state index >= 15 is 0 Å². The second kappa shape index (κ2) is 3.73. The summed E-state index contributed by atoms with van der Waals surface area (Å²) in [6.45, 7) is 5.35. The smallest absolute Gasteiger partial charge is 0.313 e. The summed E-state index contributed by atoms with van der Waals surface area (Å²) in [5, 5.41) is 9.08. The minimum Gasteiger partial charge on any atom is -0.481 e.